The van der Waals surface area contributed by atoms with Gasteiger partial charge in [-0.15, -0.1) is 0 Å². The maximum absolute atomic E-state index is 4.71. The normalized spacial score (nSPS) is 17.5. The molecule has 0 bridgehead atoms. The summed E-state index contributed by atoms with van der Waals surface area (Å²) in [5.41, 5.74) is 3.46. The summed E-state index contributed by atoms with van der Waals surface area (Å²) >= 11 is 1.77. The minimum atomic E-state index is 0.872. The van der Waals surface area contributed by atoms with Crippen molar-refractivity contribution in [1.29, 1.82) is 0 Å². The summed E-state index contributed by atoms with van der Waals surface area (Å²) in [6.45, 7) is 3.08. The fraction of sp³-hybridized carbons (Fsp3) is 0.375. The minimum absolute atomic E-state index is 0.872. The van der Waals surface area contributed by atoms with E-state index in [0.717, 1.165) is 35.1 Å². The number of H-pyrrole nitrogens is 1. The van der Waals surface area contributed by atoms with Crippen molar-refractivity contribution < 1.29 is 0 Å². The van der Waals surface area contributed by atoms with Gasteiger partial charge < -0.3 is 4.98 Å². The Hall–Kier alpha value is -1.75. The second-order valence-corrected chi connectivity index (χ2v) is 6.07. The third kappa shape index (κ3) is 2.97. The van der Waals surface area contributed by atoms with Crippen molar-refractivity contribution in [2.75, 3.05) is 19.3 Å². The lowest BCUT2D eigenvalue weighted by Crippen LogP contribution is -2.27. The summed E-state index contributed by atoms with van der Waals surface area (Å²) in [4.78, 5) is 7.94. The Labute approximate surface area is 129 Å². The number of fused-ring (bicyclic) bond motifs is 1. The first kappa shape index (κ1) is 14.2. The predicted molar refractivity (Wildman–Crippen MR) is 92.3 cm³/mol. The molecule has 1 N–H and O–H groups in total. The molecular weight excluding hydrogens is 280 g/mol. The van der Waals surface area contributed by atoms with E-state index in [1.165, 1.54) is 17.4 Å². The minimum Gasteiger partial charge on any atom is -0.360 e. The number of aromatic amines is 1. The molecule has 21 heavy (non-hydrogen) atoms. The molecule has 0 aliphatic carbocycles. The summed E-state index contributed by atoms with van der Waals surface area (Å²) in [6.07, 6.45) is 4.36. The Balaban J connectivity index is 1.85. The van der Waals surface area contributed by atoms with E-state index in [9.17, 15) is 0 Å². The Morgan fingerprint density at radius 1 is 1.38 bits per heavy atom. The number of aromatic nitrogens is 1. The summed E-state index contributed by atoms with van der Waals surface area (Å²) in [6, 6.07) is 8.35. The van der Waals surface area contributed by atoms with E-state index >= 15 is 0 Å². The highest BCUT2D eigenvalue weighted by Gasteiger charge is 2.19. The Kier molecular flexibility index (Phi) is 4.29. The van der Waals surface area contributed by atoms with Gasteiger partial charge >= 0.3 is 0 Å². The van der Waals surface area contributed by atoms with E-state index in [-0.39, 0.29) is 0 Å². The molecule has 3 rings (SSSR count). The number of unbranched alkanes of at least 4 members (excludes halogenated alkanes) is 1. The maximum Gasteiger partial charge on any atom is 0.179 e. The largest absolute Gasteiger partial charge is 0.360 e. The Bertz CT molecular complexity index is 686. The molecule has 1 aromatic heterocycles. The summed E-state index contributed by atoms with van der Waals surface area (Å²) in [7, 11) is 1.98. The molecule has 2 aromatic rings. The zero-order valence-corrected chi connectivity index (χ0v) is 13.3. The van der Waals surface area contributed by atoms with Gasteiger partial charge in [0.2, 0.25) is 0 Å². The lowest BCUT2D eigenvalue weighted by atomic mass is 10.1. The number of para-hydroxylation sites is 1. The van der Waals surface area contributed by atoms with E-state index in [0.29, 0.717) is 0 Å². The van der Waals surface area contributed by atoms with Crippen molar-refractivity contribution in [1.82, 2.24) is 9.99 Å². The van der Waals surface area contributed by atoms with Crippen LogP contribution in [0.1, 0.15) is 25.3 Å². The number of thioether (sulfide) groups is 1. The number of amidine groups is 1. The number of aliphatic imine (C=N–C) groups is 1. The zero-order valence-electron chi connectivity index (χ0n) is 12.5. The molecule has 0 atom stereocenters. The summed E-state index contributed by atoms with van der Waals surface area (Å²) in [5, 5.41) is 8.87. The van der Waals surface area contributed by atoms with Crippen LogP contribution in [0.15, 0.2) is 40.6 Å². The molecule has 0 unspecified atom stereocenters. The third-order valence-electron chi connectivity index (χ3n) is 3.54. The topological polar surface area (TPSA) is 43.8 Å². The SMILES string of the molecule is CCCCN=C1SCC(c2c[nH]c3ccccc23)=NN1C. The number of rotatable bonds is 4. The van der Waals surface area contributed by atoms with Crippen molar-refractivity contribution in [2.45, 2.75) is 19.8 Å². The van der Waals surface area contributed by atoms with Crippen molar-refractivity contribution in [3.63, 3.8) is 0 Å². The molecule has 0 fully saturated rings. The Morgan fingerprint density at radius 2 is 2.24 bits per heavy atom. The van der Waals surface area contributed by atoms with Crippen molar-refractivity contribution >= 4 is 33.5 Å². The Morgan fingerprint density at radius 3 is 3.05 bits per heavy atom. The molecule has 4 nitrogen and oxygen atoms in total. The smallest absolute Gasteiger partial charge is 0.179 e. The van der Waals surface area contributed by atoms with Gasteiger partial charge in [0.05, 0.1) is 5.71 Å². The molecule has 5 heteroatoms. The molecule has 0 saturated carbocycles. The van der Waals surface area contributed by atoms with Gasteiger partial charge in [-0.1, -0.05) is 43.3 Å². The van der Waals surface area contributed by atoms with Gasteiger partial charge in [-0.25, -0.2) is 5.01 Å². The predicted octanol–water partition coefficient (Wildman–Crippen LogP) is 3.71. The van der Waals surface area contributed by atoms with Crippen molar-refractivity contribution in [3.05, 3.63) is 36.0 Å². The lowest BCUT2D eigenvalue weighted by Gasteiger charge is -2.22. The number of nitrogens with one attached hydrogen (secondary N) is 1. The number of hydrogen-bond acceptors (Lipinski definition) is 3. The first-order valence-electron chi connectivity index (χ1n) is 7.34. The van der Waals surface area contributed by atoms with Crippen LogP contribution in [0.2, 0.25) is 0 Å². The van der Waals surface area contributed by atoms with Gasteiger partial charge in [-0.3, -0.25) is 4.99 Å². The standard InChI is InChI=1S/C16H20N4S/c1-3-4-9-17-16-20(2)19-15(11-21-16)13-10-18-14-8-6-5-7-12(13)14/h5-8,10,18H,3-4,9,11H2,1-2H3. The lowest BCUT2D eigenvalue weighted by molar-refractivity contribution is 0.549. The first-order chi connectivity index (χ1) is 10.3. The van der Waals surface area contributed by atoms with Crippen LogP contribution in [0.4, 0.5) is 0 Å². The van der Waals surface area contributed by atoms with Crippen LogP contribution in [-0.4, -0.2) is 40.2 Å². The van der Waals surface area contributed by atoms with E-state index in [4.69, 9.17) is 5.10 Å². The van der Waals surface area contributed by atoms with Crippen LogP contribution in [0, 0.1) is 0 Å². The fourth-order valence-electron chi connectivity index (χ4n) is 2.40. The molecule has 2 heterocycles. The van der Waals surface area contributed by atoms with Gasteiger partial charge in [-0.05, 0) is 12.5 Å². The average Bonchev–Trinajstić information content (AvgIpc) is 2.93. The molecule has 1 aliphatic heterocycles. The van der Waals surface area contributed by atoms with Gasteiger partial charge in [0.25, 0.3) is 0 Å². The molecule has 0 spiro atoms. The highest BCUT2D eigenvalue weighted by Crippen LogP contribution is 2.24. The van der Waals surface area contributed by atoms with Crippen molar-refractivity contribution in [2.24, 2.45) is 10.1 Å². The monoisotopic (exact) mass is 300 g/mol. The zero-order chi connectivity index (χ0) is 14.7. The van der Waals surface area contributed by atoms with Gasteiger partial charge in [0.1, 0.15) is 0 Å². The van der Waals surface area contributed by atoms with Crippen LogP contribution in [-0.2, 0) is 0 Å². The average molecular weight is 300 g/mol. The fourth-order valence-corrected chi connectivity index (χ4v) is 3.29. The van der Waals surface area contributed by atoms with E-state index in [1.807, 2.05) is 18.1 Å². The molecular formula is C16H20N4S. The van der Waals surface area contributed by atoms with E-state index in [1.54, 1.807) is 11.8 Å². The van der Waals surface area contributed by atoms with Gasteiger partial charge in [0, 0.05) is 42.0 Å². The molecule has 110 valence electrons. The van der Waals surface area contributed by atoms with Crippen LogP contribution in [0.3, 0.4) is 0 Å². The summed E-state index contributed by atoms with van der Waals surface area (Å²) < 4.78 is 0. The molecule has 0 radical (unpaired) electrons. The number of hydrogen-bond donors (Lipinski definition) is 1. The maximum atomic E-state index is 4.71. The third-order valence-corrected chi connectivity index (χ3v) is 4.61. The number of nitrogens with zero attached hydrogens (tertiary/aromatic N) is 3. The molecule has 1 aromatic carbocycles. The van der Waals surface area contributed by atoms with Gasteiger partial charge in [0.15, 0.2) is 5.17 Å². The van der Waals surface area contributed by atoms with Gasteiger partial charge in [-0.2, -0.15) is 5.10 Å². The first-order valence-corrected chi connectivity index (χ1v) is 8.33. The van der Waals surface area contributed by atoms with E-state index in [2.05, 4.69) is 41.3 Å². The number of benzene rings is 1. The molecule has 0 amide bonds. The summed E-state index contributed by atoms with van der Waals surface area (Å²) in [5.74, 6) is 0.872. The van der Waals surface area contributed by atoms with E-state index < -0.39 is 0 Å². The van der Waals surface area contributed by atoms with Crippen molar-refractivity contribution in [3.8, 4) is 0 Å². The van der Waals surface area contributed by atoms with Crippen LogP contribution >= 0.6 is 11.8 Å². The molecule has 0 saturated heterocycles. The quantitative estimate of drug-likeness (QED) is 0.875. The second-order valence-electron chi connectivity index (χ2n) is 5.12. The highest BCUT2D eigenvalue weighted by molar-refractivity contribution is 8.14. The number of hydrazone groups is 1. The highest BCUT2D eigenvalue weighted by atomic mass is 32.2. The van der Waals surface area contributed by atoms with Crippen LogP contribution in [0.5, 0.6) is 0 Å². The molecule has 1 aliphatic rings. The van der Waals surface area contributed by atoms with Crippen LogP contribution in [0.25, 0.3) is 10.9 Å². The second kappa shape index (κ2) is 6.35. The van der Waals surface area contributed by atoms with Crippen LogP contribution < -0.4 is 0 Å².